The number of aromatic nitrogens is 1. The molecule has 0 saturated heterocycles. The highest BCUT2D eigenvalue weighted by Gasteiger charge is 2.33. The Bertz CT molecular complexity index is 705. The quantitative estimate of drug-likeness (QED) is 0.870. The SMILES string of the molecule is CC1(C)Cc2cccc(-c3nc4c(s3)CCCC4N)c2O1. The molecule has 1 atom stereocenters. The number of fused-ring (bicyclic) bond motifs is 2. The summed E-state index contributed by atoms with van der Waals surface area (Å²) in [5.74, 6) is 1.02. The summed E-state index contributed by atoms with van der Waals surface area (Å²) < 4.78 is 6.17. The highest BCUT2D eigenvalue weighted by atomic mass is 32.1. The van der Waals surface area contributed by atoms with Gasteiger partial charge in [0.15, 0.2) is 0 Å². The molecule has 2 N–H and O–H groups in total. The molecule has 0 spiro atoms. The van der Waals surface area contributed by atoms with Crippen LogP contribution < -0.4 is 10.5 Å². The van der Waals surface area contributed by atoms with Gasteiger partial charge in [0.25, 0.3) is 0 Å². The number of nitrogens with zero attached hydrogens (tertiary/aromatic N) is 1. The molecule has 110 valence electrons. The number of hydrogen-bond donors (Lipinski definition) is 1. The first kappa shape index (κ1) is 13.3. The van der Waals surface area contributed by atoms with Crippen LogP contribution in [0, 0.1) is 0 Å². The Morgan fingerprint density at radius 2 is 2.24 bits per heavy atom. The van der Waals surface area contributed by atoms with Crippen molar-refractivity contribution in [1.29, 1.82) is 0 Å². The van der Waals surface area contributed by atoms with Gasteiger partial charge >= 0.3 is 0 Å². The van der Waals surface area contributed by atoms with E-state index >= 15 is 0 Å². The van der Waals surface area contributed by atoms with Crippen LogP contribution in [0.2, 0.25) is 0 Å². The predicted molar refractivity (Wildman–Crippen MR) is 85.8 cm³/mol. The van der Waals surface area contributed by atoms with E-state index in [0.29, 0.717) is 0 Å². The monoisotopic (exact) mass is 300 g/mol. The molecule has 0 fully saturated rings. The van der Waals surface area contributed by atoms with Gasteiger partial charge in [-0.05, 0) is 44.7 Å². The number of benzene rings is 1. The summed E-state index contributed by atoms with van der Waals surface area (Å²) in [5.41, 5.74) is 9.61. The minimum atomic E-state index is -0.119. The standard InChI is InChI=1S/C17H20N2OS/c1-17(2)9-10-5-3-6-11(15(10)20-17)16-19-14-12(18)7-4-8-13(14)21-16/h3,5-6,12H,4,7-9,18H2,1-2H3. The molecule has 4 heteroatoms. The largest absolute Gasteiger partial charge is 0.486 e. The van der Waals surface area contributed by atoms with Crippen molar-refractivity contribution in [2.45, 2.75) is 51.2 Å². The third kappa shape index (κ3) is 2.17. The van der Waals surface area contributed by atoms with Gasteiger partial charge in [-0.3, -0.25) is 0 Å². The second kappa shape index (κ2) is 4.55. The van der Waals surface area contributed by atoms with Crippen molar-refractivity contribution >= 4 is 11.3 Å². The third-order valence-electron chi connectivity index (χ3n) is 4.32. The van der Waals surface area contributed by atoms with Gasteiger partial charge in [0.05, 0.1) is 11.3 Å². The molecule has 3 nitrogen and oxygen atoms in total. The highest BCUT2D eigenvalue weighted by Crippen LogP contribution is 2.45. The summed E-state index contributed by atoms with van der Waals surface area (Å²) in [6.45, 7) is 4.28. The Morgan fingerprint density at radius 3 is 3.05 bits per heavy atom. The molecule has 1 aliphatic carbocycles. The van der Waals surface area contributed by atoms with E-state index in [-0.39, 0.29) is 11.6 Å². The van der Waals surface area contributed by atoms with Crippen molar-refractivity contribution in [3.05, 3.63) is 34.3 Å². The Labute approximate surface area is 129 Å². The summed E-state index contributed by atoms with van der Waals surface area (Å²) in [4.78, 5) is 6.20. The van der Waals surface area contributed by atoms with E-state index in [1.165, 1.54) is 16.9 Å². The van der Waals surface area contributed by atoms with E-state index in [2.05, 4.69) is 32.0 Å². The van der Waals surface area contributed by atoms with Crippen LogP contribution in [-0.2, 0) is 12.8 Å². The van der Waals surface area contributed by atoms with Crippen LogP contribution in [-0.4, -0.2) is 10.6 Å². The van der Waals surface area contributed by atoms with Crippen molar-refractivity contribution in [1.82, 2.24) is 4.98 Å². The van der Waals surface area contributed by atoms with E-state index < -0.39 is 0 Å². The molecule has 0 saturated carbocycles. The normalized spacial score (nSPS) is 22.5. The predicted octanol–water partition coefficient (Wildman–Crippen LogP) is 3.86. The number of aryl methyl sites for hydroxylation is 1. The third-order valence-corrected chi connectivity index (χ3v) is 5.48. The zero-order valence-corrected chi connectivity index (χ0v) is 13.3. The van der Waals surface area contributed by atoms with Crippen molar-refractivity contribution in [2.24, 2.45) is 5.73 Å². The topological polar surface area (TPSA) is 48.1 Å². The van der Waals surface area contributed by atoms with Crippen LogP contribution in [0.5, 0.6) is 5.75 Å². The maximum absolute atomic E-state index is 6.21. The van der Waals surface area contributed by atoms with E-state index in [4.69, 9.17) is 15.5 Å². The second-order valence-electron chi connectivity index (χ2n) is 6.66. The molecule has 0 bridgehead atoms. The molecule has 2 heterocycles. The molecule has 0 amide bonds. The van der Waals surface area contributed by atoms with Crippen LogP contribution in [0.1, 0.15) is 48.9 Å². The van der Waals surface area contributed by atoms with Gasteiger partial charge < -0.3 is 10.5 Å². The number of rotatable bonds is 1. The fourth-order valence-corrected chi connectivity index (χ4v) is 4.55. The van der Waals surface area contributed by atoms with Gasteiger partial charge in [0, 0.05) is 17.3 Å². The summed E-state index contributed by atoms with van der Waals surface area (Å²) in [6.07, 6.45) is 4.29. The van der Waals surface area contributed by atoms with E-state index in [0.717, 1.165) is 41.3 Å². The zero-order valence-electron chi connectivity index (χ0n) is 12.5. The minimum absolute atomic E-state index is 0.105. The van der Waals surface area contributed by atoms with Gasteiger partial charge in [-0.25, -0.2) is 4.98 Å². The summed E-state index contributed by atoms with van der Waals surface area (Å²) in [6, 6.07) is 6.50. The van der Waals surface area contributed by atoms with E-state index in [9.17, 15) is 0 Å². The van der Waals surface area contributed by atoms with Crippen LogP contribution in [0.3, 0.4) is 0 Å². The van der Waals surface area contributed by atoms with Crippen molar-refractivity contribution < 1.29 is 4.74 Å². The van der Waals surface area contributed by atoms with Gasteiger partial charge in [-0.15, -0.1) is 11.3 Å². The lowest BCUT2D eigenvalue weighted by molar-refractivity contribution is 0.139. The molecule has 1 aromatic heterocycles. The molecule has 2 aliphatic rings. The first-order valence-electron chi connectivity index (χ1n) is 7.60. The molecule has 1 aliphatic heterocycles. The molecule has 1 unspecified atom stereocenters. The van der Waals surface area contributed by atoms with Gasteiger partial charge in [-0.1, -0.05) is 12.1 Å². The average Bonchev–Trinajstić information content (AvgIpc) is 2.97. The number of thiazole rings is 1. The summed E-state index contributed by atoms with van der Waals surface area (Å²) >= 11 is 1.79. The van der Waals surface area contributed by atoms with Crippen molar-refractivity contribution in [2.75, 3.05) is 0 Å². The Morgan fingerprint density at radius 1 is 1.38 bits per heavy atom. The van der Waals surface area contributed by atoms with Crippen LogP contribution >= 0.6 is 11.3 Å². The minimum Gasteiger partial charge on any atom is -0.486 e. The Kier molecular flexibility index (Phi) is 2.88. The Balaban J connectivity index is 1.81. The number of ether oxygens (including phenoxy) is 1. The maximum Gasteiger partial charge on any atom is 0.133 e. The number of hydrogen-bond acceptors (Lipinski definition) is 4. The Hall–Kier alpha value is -1.39. The van der Waals surface area contributed by atoms with Gasteiger partial charge in [0.1, 0.15) is 16.4 Å². The van der Waals surface area contributed by atoms with Crippen LogP contribution in [0.25, 0.3) is 10.6 Å². The summed E-state index contributed by atoms with van der Waals surface area (Å²) in [7, 11) is 0. The number of para-hydroxylation sites is 1. The number of nitrogens with two attached hydrogens (primary N) is 1. The van der Waals surface area contributed by atoms with Crippen molar-refractivity contribution in [3.8, 4) is 16.3 Å². The smallest absolute Gasteiger partial charge is 0.133 e. The van der Waals surface area contributed by atoms with Gasteiger partial charge in [0.2, 0.25) is 0 Å². The fourth-order valence-electron chi connectivity index (χ4n) is 3.35. The van der Waals surface area contributed by atoms with E-state index in [1.807, 2.05) is 0 Å². The molecule has 2 aromatic rings. The first-order chi connectivity index (χ1) is 10.0. The zero-order chi connectivity index (χ0) is 14.6. The van der Waals surface area contributed by atoms with Gasteiger partial charge in [-0.2, -0.15) is 0 Å². The molecular formula is C17H20N2OS. The summed E-state index contributed by atoms with van der Waals surface area (Å²) in [5, 5.41) is 1.06. The lowest BCUT2D eigenvalue weighted by Gasteiger charge is -2.17. The lowest BCUT2D eigenvalue weighted by atomic mass is 9.98. The average molecular weight is 300 g/mol. The fraction of sp³-hybridized carbons (Fsp3) is 0.471. The maximum atomic E-state index is 6.21. The molecule has 21 heavy (non-hydrogen) atoms. The van der Waals surface area contributed by atoms with E-state index in [1.54, 1.807) is 11.3 Å². The van der Waals surface area contributed by atoms with Crippen molar-refractivity contribution in [3.63, 3.8) is 0 Å². The molecular weight excluding hydrogens is 280 g/mol. The molecule has 0 radical (unpaired) electrons. The van der Waals surface area contributed by atoms with Crippen LogP contribution in [0.4, 0.5) is 0 Å². The molecule has 4 rings (SSSR count). The lowest BCUT2D eigenvalue weighted by Crippen LogP contribution is -2.24. The van der Waals surface area contributed by atoms with Crippen LogP contribution in [0.15, 0.2) is 18.2 Å². The first-order valence-corrected chi connectivity index (χ1v) is 8.42. The molecule has 1 aromatic carbocycles. The second-order valence-corrected chi connectivity index (χ2v) is 7.74. The highest BCUT2D eigenvalue weighted by molar-refractivity contribution is 7.15.